The maximum atomic E-state index is 5.63. The molecule has 0 aliphatic carbocycles. The van der Waals surface area contributed by atoms with Crippen molar-refractivity contribution < 1.29 is 4.74 Å². The highest BCUT2D eigenvalue weighted by Crippen LogP contribution is 2.07. The lowest BCUT2D eigenvalue weighted by Gasteiger charge is -2.10. The van der Waals surface area contributed by atoms with Crippen molar-refractivity contribution in [1.82, 2.24) is 5.32 Å². The number of aryl methyl sites for hydroxylation is 1. The van der Waals surface area contributed by atoms with E-state index in [-0.39, 0.29) is 6.10 Å². The number of rotatable bonds is 7. The average molecular weight is 222 g/mol. The molecule has 0 aliphatic heterocycles. The van der Waals surface area contributed by atoms with Crippen LogP contribution in [0, 0.1) is 0 Å². The molecular weight excluding hydrogens is 200 g/mol. The van der Waals surface area contributed by atoms with Crippen molar-refractivity contribution in [1.29, 1.82) is 0 Å². The second kappa shape index (κ2) is 7.25. The number of benzene rings is 1. The summed E-state index contributed by atoms with van der Waals surface area (Å²) in [6.45, 7) is 4.00. The summed E-state index contributed by atoms with van der Waals surface area (Å²) >= 11 is 0. The number of methoxy groups -OCH3 is 1. The Balaban J connectivity index is 2.09. The standard InChI is InChI=1S/C13H22N2O/c1-11(16-2)10-15-9-3-4-12-5-7-13(14)8-6-12/h5-8,11,15H,3-4,9-10,14H2,1-2H3. The predicted octanol–water partition coefficient (Wildman–Crippen LogP) is 1.83. The highest BCUT2D eigenvalue weighted by atomic mass is 16.5. The molecule has 0 aromatic heterocycles. The van der Waals surface area contributed by atoms with Gasteiger partial charge in [0.15, 0.2) is 0 Å². The van der Waals surface area contributed by atoms with Crippen LogP contribution < -0.4 is 11.1 Å². The van der Waals surface area contributed by atoms with Crippen LogP contribution in [0.2, 0.25) is 0 Å². The van der Waals surface area contributed by atoms with E-state index in [0.29, 0.717) is 0 Å². The molecule has 0 amide bonds. The van der Waals surface area contributed by atoms with E-state index >= 15 is 0 Å². The van der Waals surface area contributed by atoms with E-state index in [1.165, 1.54) is 5.56 Å². The fourth-order valence-electron chi connectivity index (χ4n) is 1.49. The molecule has 0 fully saturated rings. The third kappa shape index (κ3) is 5.14. The van der Waals surface area contributed by atoms with Crippen LogP contribution in [0.25, 0.3) is 0 Å². The summed E-state index contributed by atoms with van der Waals surface area (Å²) in [5, 5.41) is 3.37. The molecule has 0 saturated carbocycles. The molecule has 1 atom stereocenters. The summed E-state index contributed by atoms with van der Waals surface area (Å²) < 4.78 is 5.15. The number of nitrogens with two attached hydrogens (primary N) is 1. The number of nitrogens with one attached hydrogen (secondary N) is 1. The van der Waals surface area contributed by atoms with Gasteiger partial charge in [-0.05, 0) is 44.0 Å². The third-order valence-electron chi connectivity index (χ3n) is 2.63. The summed E-state index contributed by atoms with van der Waals surface area (Å²) in [7, 11) is 1.74. The lowest BCUT2D eigenvalue weighted by atomic mass is 10.1. The van der Waals surface area contributed by atoms with Gasteiger partial charge in [-0.15, -0.1) is 0 Å². The van der Waals surface area contributed by atoms with Crippen LogP contribution in [0.4, 0.5) is 5.69 Å². The zero-order valence-corrected chi connectivity index (χ0v) is 10.2. The SMILES string of the molecule is COC(C)CNCCCc1ccc(N)cc1. The van der Waals surface area contributed by atoms with Gasteiger partial charge in [-0.3, -0.25) is 0 Å². The fraction of sp³-hybridized carbons (Fsp3) is 0.538. The first kappa shape index (κ1) is 13.0. The summed E-state index contributed by atoms with van der Waals surface area (Å²) in [5.74, 6) is 0. The maximum Gasteiger partial charge on any atom is 0.0667 e. The van der Waals surface area contributed by atoms with Gasteiger partial charge in [-0.25, -0.2) is 0 Å². The molecule has 0 saturated heterocycles. The van der Waals surface area contributed by atoms with Crippen LogP contribution in [0.5, 0.6) is 0 Å². The Morgan fingerprint density at radius 3 is 2.62 bits per heavy atom. The van der Waals surface area contributed by atoms with Crippen molar-refractivity contribution >= 4 is 5.69 Å². The van der Waals surface area contributed by atoms with Gasteiger partial charge in [0.25, 0.3) is 0 Å². The minimum atomic E-state index is 0.288. The summed E-state index contributed by atoms with van der Waals surface area (Å²) in [6, 6.07) is 8.09. The van der Waals surface area contributed by atoms with Crippen LogP contribution in [0.15, 0.2) is 24.3 Å². The van der Waals surface area contributed by atoms with Crippen LogP contribution in [-0.2, 0) is 11.2 Å². The van der Waals surface area contributed by atoms with Crippen LogP contribution >= 0.6 is 0 Å². The molecule has 0 heterocycles. The fourth-order valence-corrected chi connectivity index (χ4v) is 1.49. The minimum Gasteiger partial charge on any atom is -0.399 e. The molecule has 16 heavy (non-hydrogen) atoms. The second-order valence-electron chi connectivity index (χ2n) is 4.10. The van der Waals surface area contributed by atoms with E-state index in [1.54, 1.807) is 7.11 Å². The number of ether oxygens (including phenoxy) is 1. The lowest BCUT2D eigenvalue weighted by molar-refractivity contribution is 0.117. The van der Waals surface area contributed by atoms with Crippen molar-refractivity contribution in [2.75, 3.05) is 25.9 Å². The molecule has 3 heteroatoms. The smallest absolute Gasteiger partial charge is 0.0667 e. The Hall–Kier alpha value is -1.06. The average Bonchev–Trinajstić information content (AvgIpc) is 2.31. The van der Waals surface area contributed by atoms with E-state index in [4.69, 9.17) is 10.5 Å². The number of nitrogen functional groups attached to an aromatic ring is 1. The highest BCUT2D eigenvalue weighted by Gasteiger charge is 1.97. The van der Waals surface area contributed by atoms with E-state index in [2.05, 4.69) is 24.4 Å². The number of hydrogen-bond acceptors (Lipinski definition) is 3. The Kier molecular flexibility index (Phi) is 5.90. The third-order valence-corrected chi connectivity index (χ3v) is 2.63. The molecule has 1 rings (SSSR count). The molecule has 3 N–H and O–H groups in total. The Labute approximate surface area is 98.0 Å². The maximum absolute atomic E-state index is 5.63. The normalized spacial score (nSPS) is 12.6. The summed E-state index contributed by atoms with van der Waals surface area (Å²) in [5.41, 5.74) is 7.80. The molecule has 0 bridgehead atoms. The van der Waals surface area contributed by atoms with Crippen molar-refractivity contribution in [2.45, 2.75) is 25.9 Å². The number of hydrogen-bond donors (Lipinski definition) is 2. The van der Waals surface area contributed by atoms with Crippen molar-refractivity contribution in [3.05, 3.63) is 29.8 Å². The van der Waals surface area contributed by atoms with Crippen LogP contribution in [0.3, 0.4) is 0 Å². The van der Waals surface area contributed by atoms with Crippen LogP contribution in [0.1, 0.15) is 18.9 Å². The van der Waals surface area contributed by atoms with Gasteiger partial charge in [-0.1, -0.05) is 12.1 Å². The molecule has 1 aromatic rings. The quantitative estimate of drug-likeness (QED) is 0.546. The Bertz CT molecular complexity index is 284. The molecule has 1 unspecified atom stereocenters. The van der Waals surface area contributed by atoms with Gasteiger partial charge in [0.2, 0.25) is 0 Å². The molecular formula is C13H22N2O. The van der Waals surface area contributed by atoms with Gasteiger partial charge in [0.1, 0.15) is 0 Å². The van der Waals surface area contributed by atoms with Crippen LogP contribution in [-0.4, -0.2) is 26.3 Å². The Morgan fingerprint density at radius 2 is 2.00 bits per heavy atom. The zero-order valence-electron chi connectivity index (χ0n) is 10.2. The van der Waals surface area contributed by atoms with E-state index in [1.807, 2.05) is 12.1 Å². The molecule has 0 radical (unpaired) electrons. The van der Waals surface area contributed by atoms with Crippen molar-refractivity contribution in [2.24, 2.45) is 0 Å². The predicted molar refractivity (Wildman–Crippen MR) is 68.5 cm³/mol. The molecule has 0 aliphatic rings. The Morgan fingerprint density at radius 1 is 1.31 bits per heavy atom. The highest BCUT2D eigenvalue weighted by molar-refractivity contribution is 5.39. The lowest BCUT2D eigenvalue weighted by Crippen LogP contribution is -2.26. The van der Waals surface area contributed by atoms with E-state index in [0.717, 1.165) is 31.6 Å². The zero-order chi connectivity index (χ0) is 11.8. The van der Waals surface area contributed by atoms with Crippen molar-refractivity contribution in [3.63, 3.8) is 0 Å². The topological polar surface area (TPSA) is 47.3 Å². The van der Waals surface area contributed by atoms with Gasteiger partial charge in [0.05, 0.1) is 6.10 Å². The first-order chi connectivity index (χ1) is 7.72. The minimum absolute atomic E-state index is 0.288. The second-order valence-corrected chi connectivity index (χ2v) is 4.10. The molecule has 3 nitrogen and oxygen atoms in total. The monoisotopic (exact) mass is 222 g/mol. The van der Waals surface area contributed by atoms with Gasteiger partial charge in [-0.2, -0.15) is 0 Å². The van der Waals surface area contributed by atoms with Crippen molar-refractivity contribution in [3.8, 4) is 0 Å². The van der Waals surface area contributed by atoms with E-state index < -0.39 is 0 Å². The first-order valence-electron chi connectivity index (χ1n) is 5.80. The number of anilines is 1. The first-order valence-corrected chi connectivity index (χ1v) is 5.80. The van der Waals surface area contributed by atoms with Gasteiger partial charge < -0.3 is 15.8 Å². The summed E-state index contributed by atoms with van der Waals surface area (Å²) in [4.78, 5) is 0. The van der Waals surface area contributed by atoms with E-state index in [9.17, 15) is 0 Å². The largest absolute Gasteiger partial charge is 0.399 e. The van der Waals surface area contributed by atoms with Gasteiger partial charge >= 0.3 is 0 Å². The van der Waals surface area contributed by atoms with Gasteiger partial charge in [0, 0.05) is 19.3 Å². The molecule has 0 spiro atoms. The molecule has 1 aromatic carbocycles. The summed E-state index contributed by atoms with van der Waals surface area (Å²) in [6.07, 6.45) is 2.52. The molecule has 90 valence electrons.